The largest absolute Gasteiger partial charge is 0.493 e. The number of hydrogen-bond acceptors (Lipinski definition) is 5. The van der Waals surface area contributed by atoms with E-state index in [0.29, 0.717) is 24.6 Å². The van der Waals surface area contributed by atoms with Crippen molar-refractivity contribution in [2.75, 3.05) is 20.3 Å². The van der Waals surface area contributed by atoms with Crippen molar-refractivity contribution < 1.29 is 19.1 Å². The van der Waals surface area contributed by atoms with Crippen LogP contribution in [0.5, 0.6) is 11.5 Å². The van der Waals surface area contributed by atoms with Crippen LogP contribution in [0, 0.1) is 5.92 Å². The molecule has 1 aromatic carbocycles. The lowest BCUT2D eigenvalue weighted by Crippen LogP contribution is -2.44. The van der Waals surface area contributed by atoms with Gasteiger partial charge in [-0.2, -0.15) is 0 Å². The summed E-state index contributed by atoms with van der Waals surface area (Å²) < 4.78 is 10.8. The summed E-state index contributed by atoms with van der Waals surface area (Å²) in [6.45, 7) is 6.61. The Morgan fingerprint density at radius 1 is 1.20 bits per heavy atom. The van der Waals surface area contributed by atoms with E-state index in [-0.39, 0.29) is 24.3 Å². The first-order chi connectivity index (χ1) is 11.9. The fourth-order valence-corrected chi connectivity index (χ4v) is 2.15. The van der Waals surface area contributed by atoms with Gasteiger partial charge in [-0.05, 0) is 30.5 Å². The van der Waals surface area contributed by atoms with Crippen LogP contribution in [0.1, 0.15) is 32.8 Å². The van der Waals surface area contributed by atoms with Gasteiger partial charge in [0, 0.05) is 13.1 Å². The average molecular weight is 351 g/mol. The van der Waals surface area contributed by atoms with Crippen molar-refractivity contribution in [3.05, 3.63) is 23.8 Å². The van der Waals surface area contributed by atoms with Crippen LogP contribution in [0.15, 0.2) is 18.2 Å². The maximum atomic E-state index is 12.0. The topological polar surface area (TPSA) is 103 Å². The molecule has 0 aliphatic carbocycles. The lowest BCUT2D eigenvalue weighted by atomic mass is 9.99. The zero-order chi connectivity index (χ0) is 18.8. The maximum Gasteiger partial charge on any atom is 0.257 e. The van der Waals surface area contributed by atoms with Crippen molar-refractivity contribution in [2.45, 2.75) is 39.8 Å². The second-order valence-electron chi connectivity index (χ2n) is 5.86. The van der Waals surface area contributed by atoms with Gasteiger partial charge in [-0.25, -0.2) is 0 Å². The number of methoxy groups -OCH3 is 1. The van der Waals surface area contributed by atoms with Gasteiger partial charge in [-0.3, -0.25) is 9.59 Å². The average Bonchev–Trinajstić information content (AvgIpc) is 2.63. The van der Waals surface area contributed by atoms with Gasteiger partial charge < -0.3 is 25.8 Å². The van der Waals surface area contributed by atoms with E-state index in [1.54, 1.807) is 12.1 Å². The van der Waals surface area contributed by atoms with Crippen LogP contribution >= 0.6 is 0 Å². The first kappa shape index (κ1) is 20.8. The molecule has 2 unspecified atom stereocenters. The molecule has 1 aromatic rings. The van der Waals surface area contributed by atoms with Crippen molar-refractivity contribution >= 4 is 11.8 Å². The van der Waals surface area contributed by atoms with Crippen molar-refractivity contribution in [3.8, 4) is 11.5 Å². The second-order valence-corrected chi connectivity index (χ2v) is 5.86. The fraction of sp³-hybridized carbons (Fsp3) is 0.556. The van der Waals surface area contributed by atoms with Crippen molar-refractivity contribution in [2.24, 2.45) is 11.7 Å². The van der Waals surface area contributed by atoms with Gasteiger partial charge in [0.25, 0.3) is 5.91 Å². The summed E-state index contributed by atoms with van der Waals surface area (Å²) in [5.41, 5.74) is 6.77. The molecule has 140 valence electrons. The summed E-state index contributed by atoms with van der Waals surface area (Å²) in [6, 6.07) is 4.77. The Kier molecular flexibility index (Phi) is 8.77. The number of nitrogens with one attached hydrogen (secondary N) is 2. The number of benzene rings is 1. The Bertz CT molecular complexity index is 577. The summed E-state index contributed by atoms with van der Waals surface area (Å²) in [5, 5.41) is 5.48. The van der Waals surface area contributed by atoms with Gasteiger partial charge in [0.15, 0.2) is 18.1 Å². The summed E-state index contributed by atoms with van der Waals surface area (Å²) in [4.78, 5) is 23.5. The van der Waals surface area contributed by atoms with E-state index in [1.807, 2.05) is 26.8 Å². The molecular formula is C18H29N3O4. The summed E-state index contributed by atoms with van der Waals surface area (Å²) >= 11 is 0. The van der Waals surface area contributed by atoms with Gasteiger partial charge in [-0.1, -0.05) is 26.3 Å². The van der Waals surface area contributed by atoms with E-state index in [4.69, 9.17) is 15.2 Å². The number of hydrogen-bond donors (Lipinski definition) is 3. The molecule has 0 aliphatic rings. The number of rotatable bonds is 10. The lowest BCUT2D eigenvalue weighted by molar-refractivity contribution is -0.124. The monoisotopic (exact) mass is 351 g/mol. The minimum Gasteiger partial charge on any atom is -0.493 e. The molecule has 7 nitrogen and oxygen atoms in total. The third-order valence-electron chi connectivity index (χ3n) is 3.99. The standard InChI is InChI=1S/C18H29N3O4/c1-5-12(3)17(19)18(23)21-10-13-7-8-14(15(9-13)24-4)25-11-16(22)20-6-2/h7-9,12,17H,5-6,10-11,19H2,1-4H3,(H,20,22)(H,21,23). The Morgan fingerprint density at radius 3 is 2.52 bits per heavy atom. The molecule has 2 atom stereocenters. The normalized spacial score (nSPS) is 12.8. The smallest absolute Gasteiger partial charge is 0.257 e. The highest BCUT2D eigenvalue weighted by Crippen LogP contribution is 2.28. The van der Waals surface area contributed by atoms with E-state index >= 15 is 0 Å². The highest BCUT2D eigenvalue weighted by molar-refractivity contribution is 5.81. The van der Waals surface area contributed by atoms with Crippen LogP contribution in [0.3, 0.4) is 0 Å². The predicted molar refractivity (Wildman–Crippen MR) is 96.4 cm³/mol. The summed E-state index contributed by atoms with van der Waals surface area (Å²) in [7, 11) is 1.52. The van der Waals surface area contributed by atoms with Crippen LogP contribution in [-0.4, -0.2) is 38.1 Å². The Labute approximate surface area is 149 Å². The minimum absolute atomic E-state index is 0.0793. The van der Waals surface area contributed by atoms with E-state index in [2.05, 4.69) is 10.6 Å². The van der Waals surface area contributed by atoms with Crippen molar-refractivity contribution in [1.29, 1.82) is 0 Å². The highest BCUT2D eigenvalue weighted by Gasteiger charge is 2.19. The van der Waals surface area contributed by atoms with Crippen LogP contribution in [0.25, 0.3) is 0 Å². The Balaban J connectivity index is 2.65. The number of carbonyl (C=O) groups excluding carboxylic acids is 2. The molecule has 2 amide bonds. The van der Waals surface area contributed by atoms with Gasteiger partial charge in [0.2, 0.25) is 5.91 Å². The molecular weight excluding hydrogens is 322 g/mol. The number of carbonyl (C=O) groups is 2. The number of ether oxygens (including phenoxy) is 2. The van der Waals surface area contributed by atoms with E-state index in [1.165, 1.54) is 7.11 Å². The summed E-state index contributed by atoms with van der Waals surface area (Å²) in [5.74, 6) is 0.729. The number of amides is 2. The second kappa shape index (κ2) is 10.6. The quantitative estimate of drug-likeness (QED) is 0.588. The molecule has 0 bridgehead atoms. The molecule has 0 aliphatic heterocycles. The lowest BCUT2D eigenvalue weighted by Gasteiger charge is -2.18. The third-order valence-corrected chi connectivity index (χ3v) is 3.99. The van der Waals surface area contributed by atoms with Crippen LogP contribution in [-0.2, 0) is 16.1 Å². The van der Waals surface area contributed by atoms with Gasteiger partial charge in [0.05, 0.1) is 13.2 Å². The van der Waals surface area contributed by atoms with Gasteiger partial charge >= 0.3 is 0 Å². The van der Waals surface area contributed by atoms with Gasteiger partial charge in [0.1, 0.15) is 0 Å². The Hall–Kier alpha value is -2.28. The van der Waals surface area contributed by atoms with Crippen molar-refractivity contribution in [3.63, 3.8) is 0 Å². The molecule has 0 spiro atoms. The number of nitrogens with two attached hydrogens (primary N) is 1. The van der Waals surface area contributed by atoms with E-state index in [9.17, 15) is 9.59 Å². The molecule has 0 radical (unpaired) electrons. The maximum absolute atomic E-state index is 12.0. The SMILES string of the molecule is CCNC(=O)COc1ccc(CNC(=O)C(N)C(C)CC)cc1OC. The molecule has 0 aromatic heterocycles. The van der Waals surface area contributed by atoms with Gasteiger partial charge in [-0.15, -0.1) is 0 Å². The van der Waals surface area contributed by atoms with E-state index < -0.39 is 6.04 Å². The molecule has 0 saturated carbocycles. The molecule has 0 heterocycles. The molecule has 1 rings (SSSR count). The third kappa shape index (κ3) is 6.62. The molecule has 7 heteroatoms. The Morgan fingerprint density at radius 2 is 1.92 bits per heavy atom. The van der Waals surface area contributed by atoms with Crippen molar-refractivity contribution in [1.82, 2.24) is 10.6 Å². The minimum atomic E-state index is -0.522. The zero-order valence-electron chi connectivity index (χ0n) is 15.4. The fourth-order valence-electron chi connectivity index (χ4n) is 2.15. The molecule has 0 fully saturated rings. The number of likely N-dealkylation sites (N-methyl/N-ethyl adjacent to an activating group) is 1. The van der Waals surface area contributed by atoms with Crippen LogP contribution in [0.2, 0.25) is 0 Å². The van der Waals surface area contributed by atoms with E-state index in [0.717, 1.165) is 12.0 Å². The summed E-state index contributed by atoms with van der Waals surface area (Å²) in [6.07, 6.45) is 0.847. The first-order valence-corrected chi connectivity index (χ1v) is 8.52. The predicted octanol–water partition coefficient (Wildman–Crippen LogP) is 1.20. The molecule has 25 heavy (non-hydrogen) atoms. The highest BCUT2D eigenvalue weighted by atomic mass is 16.5. The molecule has 4 N–H and O–H groups in total. The first-order valence-electron chi connectivity index (χ1n) is 8.52. The van der Waals surface area contributed by atoms with Crippen LogP contribution in [0.4, 0.5) is 0 Å². The molecule has 0 saturated heterocycles. The van der Waals surface area contributed by atoms with Crippen LogP contribution < -0.4 is 25.8 Å². The zero-order valence-corrected chi connectivity index (χ0v) is 15.4.